The summed E-state index contributed by atoms with van der Waals surface area (Å²) in [6.07, 6.45) is 0. The molecule has 0 unspecified atom stereocenters. The van der Waals surface area contributed by atoms with Gasteiger partial charge in [-0.2, -0.15) is 0 Å². The summed E-state index contributed by atoms with van der Waals surface area (Å²) in [7, 11) is 0. The number of carbonyl (C=O) groups is 2. The molecule has 5 nitrogen and oxygen atoms in total. The number of amides is 1. The maximum absolute atomic E-state index is 11.9. The van der Waals surface area contributed by atoms with E-state index in [0.29, 0.717) is 17.0 Å². The van der Waals surface area contributed by atoms with Crippen molar-refractivity contribution in [1.82, 2.24) is 10.2 Å². The number of nitrogens with zero attached hydrogens (tertiary/aromatic N) is 2. The van der Waals surface area contributed by atoms with Gasteiger partial charge in [0, 0.05) is 18.2 Å². The molecule has 0 atom stereocenters. The number of ketones is 1. The van der Waals surface area contributed by atoms with Gasteiger partial charge in [-0.1, -0.05) is 23.1 Å². The van der Waals surface area contributed by atoms with Crippen LogP contribution in [0.1, 0.15) is 17.3 Å². The Kier molecular flexibility index (Phi) is 4.64. The lowest BCUT2D eigenvalue weighted by molar-refractivity contribution is -0.114. The van der Waals surface area contributed by atoms with Crippen molar-refractivity contribution < 1.29 is 9.59 Å². The van der Waals surface area contributed by atoms with Crippen LogP contribution in [0.3, 0.4) is 0 Å². The average Bonchev–Trinajstić information content (AvgIpc) is 2.89. The molecule has 7 heteroatoms. The van der Waals surface area contributed by atoms with Crippen molar-refractivity contribution in [3.8, 4) is 0 Å². The van der Waals surface area contributed by atoms with E-state index in [0.717, 1.165) is 4.34 Å². The van der Waals surface area contributed by atoms with Gasteiger partial charge < -0.3 is 5.32 Å². The Morgan fingerprint density at radius 1 is 1.32 bits per heavy atom. The number of nitrogens with one attached hydrogen (secondary N) is 1. The zero-order valence-electron chi connectivity index (χ0n) is 10.1. The van der Waals surface area contributed by atoms with Crippen LogP contribution >= 0.6 is 23.1 Å². The number of carbonyl (C=O) groups excluding carboxylic acids is 2. The van der Waals surface area contributed by atoms with Gasteiger partial charge in [0.25, 0.3) is 0 Å². The second-order valence-corrected chi connectivity index (χ2v) is 5.73. The van der Waals surface area contributed by atoms with E-state index in [9.17, 15) is 9.59 Å². The number of hydrogen-bond donors (Lipinski definition) is 1. The summed E-state index contributed by atoms with van der Waals surface area (Å²) in [5.74, 6) is 0.217. The smallest absolute Gasteiger partial charge is 0.221 e. The third-order valence-electron chi connectivity index (χ3n) is 2.19. The molecule has 0 saturated heterocycles. The summed E-state index contributed by atoms with van der Waals surface area (Å²) in [5.41, 5.74) is 2.93. The fourth-order valence-electron chi connectivity index (χ4n) is 1.38. The summed E-state index contributed by atoms with van der Waals surface area (Å²) in [5, 5.41) is 10.2. The molecule has 98 valence electrons. The lowest BCUT2D eigenvalue weighted by Gasteiger charge is -2.03. The highest BCUT2D eigenvalue weighted by Gasteiger charge is 2.08. The zero-order valence-corrected chi connectivity index (χ0v) is 11.8. The normalized spacial score (nSPS) is 10.2. The lowest BCUT2D eigenvalue weighted by atomic mass is 10.1. The van der Waals surface area contributed by atoms with E-state index >= 15 is 0 Å². The van der Waals surface area contributed by atoms with Crippen LogP contribution in [0.2, 0.25) is 0 Å². The molecule has 0 aliphatic heterocycles. The van der Waals surface area contributed by atoms with Gasteiger partial charge in [-0.05, 0) is 24.3 Å². The summed E-state index contributed by atoms with van der Waals surface area (Å²) >= 11 is 2.78. The van der Waals surface area contributed by atoms with Crippen molar-refractivity contribution in [2.24, 2.45) is 0 Å². The molecule has 1 aromatic heterocycles. The highest BCUT2D eigenvalue weighted by Crippen LogP contribution is 2.20. The molecule has 0 aliphatic rings. The fraction of sp³-hybridized carbons (Fsp3) is 0.167. The van der Waals surface area contributed by atoms with Crippen LogP contribution in [0.25, 0.3) is 0 Å². The van der Waals surface area contributed by atoms with Crippen LogP contribution in [0.15, 0.2) is 34.1 Å². The van der Waals surface area contributed by atoms with Gasteiger partial charge in [0.05, 0.1) is 5.75 Å². The molecule has 2 aromatic rings. The van der Waals surface area contributed by atoms with E-state index in [1.807, 2.05) is 0 Å². The predicted molar refractivity (Wildman–Crippen MR) is 75.7 cm³/mol. The Labute approximate surface area is 118 Å². The number of anilines is 1. The predicted octanol–water partition coefficient (Wildman–Crippen LogP) is 2.47. The molecule has 0 aliphatic carbocycles. The van der Waals surface area contributed by atoms with Crippen molar-refractivity contribution in [2.45, 2.75) is 11.3 Å². The first-order chi connectivity index (χ1) is 9.15. The molecule has 2 rings (SSSR count). The van der Waals surface area contributed by atoms with E-state index in [1.54, 1.807) is 29.8 Å². The standard InChI is InChI=1S/C12H11N3O2S2/c1-8(16)14-10-4-2-9(3-5-10)11(17)6-18-12-15-13-7-19-12/h2-5,7H,6H2,1H3,(H,14,16). The number of aromatic nitrogens is 2. The highest BCUT2D eigenvalue weighted by atomic mass is 32.2. The largest absolute Gasteiger partial charge is 0.326 e. The van der Waals surface area contributed by atoms with Crippen LogP contribution in [0.4, 0.5) is 5.69 Å². The maximum atomic E-state index is 11.9. The van der Waals surface area contributed by atoms with Gasteiger partial charge in [-0.3, -0.25) is 9.59 Å². The highest BCUT2D eigenvalue weighted by molar-refractivity contribution is 8.01. The minimum absolute atomic E-state index is 0.0228. The topological polar surface area (TPSA) is 72.0 Å². The third-order valence-corrected chi connectivity index (χ3v) is 4.05. The summed E-state index contributed by atoms with van der Waals surface area (Å²) in [6, 6.07) is 6.83. The van der Waals surface area contributed by atoms with E-state index in [1.165, 1.54) is 30.0 Å². The third kappa shape index (κ3) is 4.15. The SMILES string of the molecule is CC(=O)Nc1ccc(C(=O)CSc2nncs2)cc1. The first-order valence-corrected chi connectivity index (χ1v) is 7.31. The molecule has 0 fully saturated rings. The Morgan fingerprint density at radius 2 is 2.05 bits per heavy atom. The van der Waals surface area contributed by atoms with Gasteiger partial charge in [0.2, 0.25) is 5.91 Å². The molecule has 1 amide bonds. The molecule has 1 heterocycles. The molecule has 0 spiro atoms. The quantitative estimate of drug-likeness (QED) is 0.677. The second-order valence-electron chi connectivity index (χ2n) is 3.68. The first-order valence-electron chi connectivity index (χ1n) is 5.45. The van der Waals surface area contributed by atoms with Crippen LogP contribution in [-0.4, -0.2) is 27.6 Å². The van der Waals surface area contributed by atoms with E-state index in [4.69, 9.17) is 0 Å². The van der Waals surface area contributed by atoms with Gasteiger partial charge in [-0.25, -0.2) is 0 Å². The number of Topliss-reactive ketones (excluding diaryl/α,β-unsaturated/α-hetero) is 1. The minimum Gasteiger partial charge on any atom is -0.326 e. The van der Waals surface area contributed by atoms with Gasteiger partial charge in [0.15, 0.2) is 10.1 Å². The minimum atomic E-state index is -0.133. The zero-order chi connectivity index (χ0) is 13.7. The van der Waals surface area contributed by atoms with Crippen LogP contribution in [0.5, 0.6) is 0 Å². The average molecular weight is 293 g/mol. The van der Waals surface area contributed by atoms with Gasteiger partial charge in [-0.15, -0.1) is 10.2 Å². The number of benzene rings is 1. The molecule has 0 saturated carbocycles. The molecule has 0 bridgehead atoms. The monoisotopic (exact) mass is 293 g/mol. The number of rotatable bonds is 5. The Morgan fingerprint density at radius 3 is 2.63 bits per heavy atom. The Balaban J connectivity index is 1.93. The van der Waals surface area contributed by atoms with Crippen molar-refractivity contribution >= 4 is 40.5 Å². The molecular weight excluding hydrogens is 282 g/mol. The number of thioether (sulfide) groups is 1. The van der Waals surface area contributed by atoms with Gasteiger partial charge >= 0.3 is 0 Å². The van der Waals surface area contributed by atoms with E-state index in [2.05, 4.69) is 15.5 Å². The first kappa shape index (κ1) is 13.7. The van der Waals surface area contributed by atoms with Crippen molar-refractivity contribution in [1.29, 1.82) is 0 Å². The maximum Gasteiger partial charge on any atom is 0.221 e. The molecule has 0 radical (unpaired) electrons. The molecular formula is C12H11N3O2S2. The molecule has 1 aromatic carbocycles. The summed E-state index contributed by atoms with van der Waals surface area (Å²) < 4.78 is 0.781. The fourth-order valence-corrected chi connectivity index (χ4v) is 2.76. The van der Waals surface area contributed by atoms with Crippen LogP contribution in [0, 0.1) is 0 Å². The molecule has 19 heavy (non-hydrogen) atoms. The summed E-state index contributed by atoms with van der Waals surface area (Å²) in [4.78, 5) is 22.8. The number of hydrogen-bond acceptors (Lipinski definition) is 6. The second kappa shape index (κ2) is 6.44. The van der Waals surface area contributed by atoms with Crippen molar-refractivity contribution in [3.05, 3.63) is 35.3 Å². The van der Waals surface area contributed by atoms with E-state index in [-0.39, 0.29) is 11.7 Å². The van der Waals surface area contributed by atoms with Crippen molar-refractivity contribution in [3.63, 3.8) is 0 Å². The lowest BCUT2D eigenvalue weighted by Crippen LogP contribution is -2.06. The Hall–Kier alpha value is -1.73. The van der Waals surface area contributed by atoms with E-state index < -0.39 is 0 Å². The van der Waals surface area contributed by atoms with Gasteiger partial charge in [0.1, 0.15) is 5.51 Å². The van der Waals surface area contributed by atoms with Crippen molar-refractivity contribution in [2.75, 3.05) is 11.1 Å². The van der Waals surface area contributed by atoms with Crippen LogP contribution < -0.4 is 5.32 Å². The molecule has 1 N–H and O–H groups in total. The summed E-state index contributed by atoms with van der Waals surface area (Å²) in [6.45, 7) is 1.44. The van der Waals surface area contributed by atoms with Crippen LogP contribution in [-0.2, 0) is 4.79 Å². The Bertz CT molecular complexity index is 567.